The van der Waals surface area contributed by atoms with E-state index in [1.165, 1.54) is 0 Å². The molecule has 1 unspecified atom stereocenters. The third-order valence-corrected chi connectivity index (χ3v) is 2.16. The summed E-state index contributed by atoms with van der Waals surface area (Å²) in [4.78, 5) is 13.2. The van der Waals surface area contributed by atoms with Crippen LogP contribution in [-0.2, 0) is 4.79 Å². The molecule has 78 valence electrons. The summed E-state index contributed by atoms with van der Waals surface area (Å²) >= 11 is 0. The van der Waals surface area contributed by atoms with Gasteiger partial charge < -0.3 is 5.73 Å². The molecule has 0 aromatic rings. The zero-order valence-electron chi connectivity index (χ0n) is 9.21. The van der Waals surface area contributed by atoms with Crippen LogP contribution in [0.2, 0.25) is 0 Å². The van der Waals surface area contributed by atoms with Crippen molar-refractivity contribution in [2.45, 2.75) is 40.2 Å². The highest BCUT2D eigenvalue weighted by atomic mass is 16.1. The SMILES string of the molecule is CCC(C(N)=O)N(CC)CC(C)C. The lowest BCUT2D eigenvalue weighted by atomic mass is 10.1. The molecular formula is C10H22N2O. The molecule has 0 bridgehead atoms. The molecule has 3 nitrogen and oxygen atoms in total. The van der Waals surface area contributed by atoms with Gasteiger partial charge in [-0.3, -0.25) is 9.69 Å². The molecule has 0 aliphatic heterocycles. The number of hydrogen-bond acceptors (Lipinski definition) is 2. The Bertz CT molecular complexity index is 157. The normalized spacial score (nSPS) is 13.7. The van der Waals surface area contributed by atoms with Crippen LogP contribution in [0.25, 0.3) is 0 Å². The molecule has 0 fully saturated rings. The van der Waals surface area contributed by atoms with Gasteiger partial charge in [0.05, 0.1) is 6.04 Å². The number of amides is 1. The van der Waals surface area contributed by atoms with Crippen molar-refractivity contribution < 1.29 is 4.79 Å². The van der Waals surface area contributed by atoms with Crippen LogP contribution in [-0.4, -0.2) is 29.9 Å². The topological polar surface area (TPSA) is 46.3 Å². The number of carbonyl (C=O) groups is 1. The van der Waals surface area contributed by atoms with E-state index in [9.17, 15) is 4.79 Å². The summed E-state index contributed by atoms with van der Waals surface area (Å²) in [6, 6.07) is -0.0904. The predicted octanol–water partition coefficient (Wildman–Crippen LogP) is 1.23. The molecule has 13 heavy (non-hydrogen) atoms. The molecule has 0 radical (unpaired) electrons. The van der Waals surface area contributed by atoms with Gasteiger partial charge in [-0.15, -0.1) is 0 Å². The summed E-state index contributed by atoms with van der Waals surface area (Å²) in [5.74, 6) is 0.373. The van der Waals surface area contributed by atoms with Gasteiger partial charge in [-0.2, -0.15) is 0 Å². The molecule has 0 spiro atoms. The van der Waals surface area contributed by atoms with E-state index >= 15 is 0 Å². The molecule has 0 saturated carbocycles. The van der Waals surface area contributed by atoms with Crippen LogP contribution in [0.1, 0.15) is 34.1 Å². The second-order valence-corrected chi connectivity index (χ2v) is 3.81. The lowest BCUT2D eigenvalue weighted by molar-refractivity contribution is -0.123. The summed E-state index contributed by atoms with van der Waals surface area (Å²) in [5, 5.41) is 0. The molecule has 2 N–H and O–H groups in total. The first-order valence-electron chi connectivity index (χ1n) is 5.06. The van der Waals surface area contributed by atoms with Crippen molar-refractivity contribution in [3.8, 4) is 0 Å². The van der Waals surface area contributed by atoms with E-state index in [1.54, 1.807) is 0 Å². The Morgan fingerprint density at radius 2 is 1.92 bits per heavy atom. The third kappa shape index (κ3) is 4.27. The summed E-state index contributed by atoms with van der Waals surface area (Å²) in [6.07, 6.45) is 0.801. The van der Waals surface area contributed by atoms with Gasteiger partial charge in [-0.05, 0) is 18.9 Å². The first-order chi connectivity index (χ1) is 6.02. The summed E-state index contributed by atoms with van der Waals surface area (Å²) in [7, 11) is 0. The average Bonchev–Trinajstić information content (AvgIpc) is 2.02. The zero-order valence-corrected chi connectivity index (χ0v) is 9.21. The van der Waals surface area contributed by atoms with Crippen LogP contribution in [0, 0.1) is 5.92 Å². The fourth-order valence-electron chi connectivity index (χ4n) is 1.59. The molecule has 1 amide bonds. The second-order valence-electron chi connectivity index (χ2n) is 3.81. The molecule has 0 rings (SSSR count). The monoisotopic (exact) mass is 186 g/mol. The van der Waals surface area contributed by atoms with Crippen LogP contribution < -0.4 is 5.73 Å². The number of likely N-dealkylation sites (N-methyl/N-ethyl adjacent to an activating group) is 1. The molecule has 0 heterocycles. The van der Waals surface area contributed by atoms with Gasteiger partial charge in [0, 0.05) is 6.54 Å². The first kappa shape index (κ1) is 12.4. The lowest BCUT2D eigenvalue weighted by Crippen LogP contribution is -2.45. The zero-order chi connectivity index (χ0) is 10.4. The molecule has 3 heteroatoms. The summed E-state index contributed by atoms with van der Waals surface area (Å²) < 4.78 is 0. The fraction of sp³-hybridized carbons (Fsp3) is 0.900. The van der Waals surface area contributed by atoms with Gasteiger partial charge in [-0.1, -0.05) is 27.7 Å². The van der Waals surface area contributed by atoms with Crippen molar-refractivity contribution in [2.24, 2.45) is 11.7 Å². The van der Waals surface area contributed by atoms with Crippen molar-refractivity contribution in [3.05, 3.63) is 0 Å². The molecule has 0 aliphatic carbocycles. The molecule has 0 aromatic heterocycles. The molecule has 0 aliphatic rings. The van der Waals surface area contributed by atoms with Gasteiger partial charge in [-0.25, -0.2) is 0 Å². The van der Waals surface area contributed by atoms with Gasteiger partial charge in [0.2, 0.25) is 5.91 Å². The van der Waals surface area contributed by atoms with E-state index in [0.717, 1.165) is 19.5 Å². The van der Waals surface area contributed by atoms with Crippen molar-refractivity contribution in [1.82, 2.24) is 4.90 Å². The Kier molecular flexibility index (Phi) is 5.71. The number of nitrogens with zero attached hydrogens (tertiary/aromatic N) is 1. The third-order valence-electron chi connectivity index (χ3n) is 2.16. The summed E-state index contributed by atoms with van der Waals surface area (Å²) in [6.45, 7) is 10.2. The van der Waals surface area contributed by atoms with Crippen LogP contribution in [0.15, 0.2) is 0 Å². The fourth-order valence-corrected chi connectivity index (χ4v) is 1.59. The maximum absolute atomic E-state index is 11.1. The first-order valence-corrected chi connectivity index (χ1v) is 5.06. The Morgan fingerprint density at radius 3 is 2.15 bits per heavy atom. The average molecular weight is 186 g/mol. The van der Waals surface area contributed by atoms with E-state index < -0.39 is 0 Å². The smallest absolute Gasteiger partial charge is 0.234 e. The van der Waals surface area contributed by atoms with E-state index in [1.807, 2.05) is 6.92 Å². The van der Waals surface area contributed by atoms with Crippen LogP contribution in [0.5, 0.6) is 0 Å². The Morgan fingerprint density at radius 1 is 1.38 bits per heavy atom. The van der Waals surface area contributed by atoms with E-state index in [-0.39, 0.29) is 11.9 Å². The van der Waals surface area contributed by atoms with Crippen molar-refractivity contribution in [3.63, 3.8) is 0 Å². The van der Waals surface area contributed by atoms with Gasteiger partial charge in [0.25, 0.3) is 0 Å². The largest absolute Gasteiger partial charge is 0.368 e. The highest BCUT2D eigenvalue weighted by Gasteiger charge is 2.20. The van der Waals surface area contributed by atoms with Crippen LogP contribution in [0.4, 0.5) is 0 Å². The minimum atomic E-state index is -0.204. The molecule has 0 saturated heterocycles. The quantitative estimate of drug-likeness (QED) is 0.678. The number of rotatable bonds is 6. The molecular weight excluding hydrogens is 164 g/mol. The Balaban J connectivity index is 4.25. The number of carbonyl (C=O) groups excluding carboxylic acids is 1. The highest BCUT2D eigenvalue weighted by molar-refractivity contribution is 5.79. The maximum atomic E-state index is 11.1. The van der Waals surface area contributed by atoms with Crippen LogP contribution in [0.3, 0.4) is 0 Å². The van der Waals surface area contributed by atoms with Gasteiger partial charge in [0.15, 0.2) is 0 Å². The van der Waals surface area contributed by atoms with Gasteiger partial charge >= 0.3 is 0 Å². The number of primary amides is 1. The summed E-state index contributed by atoms with van der Waals surface area (Å²) in [5.41, 5.74) is 5.32. The number of nitrogens with two attached hydrogens (primary N) is 1. The standard InChI is InChI=1S/C10H22N2O/c1-5-9(10(11)13)12(6-2)7-8(3)4/h8-9H,5-7H2,1-4H3,(H2,11,13). The van der Waals surface area contributed by atoms with E-state index in [0.29, 0.717) is 5.92 Å². The molecule has 1 atom stereocenters. The Hall–Kier alpha value is -0.570. The van der Waals surface area contributed by atoms with Crippen molar-refractivity contribution in [2.75, 3.05) is 13.1 Å². The van der Waals surface area contributed by atoms with E-state index in [4.69, 9.17) is 5.73 Å². The molecule has 0 aromatic carbocycles. The van der Waals surface area contributed by atoms with E-state index in [2.05, 4.69) is 25.7 Å². The maximum Gasteiger partial charge on any atom is 0.234 e. The lowest BCUT2D eigenvalue weighted by Gasteiger charge is -2.28. The van der Waals surface area contributed by atoms with Crippen LogP contribution >= 0.6 is 0 Å². The Labute approximate surface area is 81.3 Å². The number of hydrogen-bond donors (Lipinski definition) is 1. The highest BCUT2D eigenvalue weighted by Crippen LogP contribution is 2.07. The van der Waals surface area contributed by atoms with Crippen molar-refractivity contribution in [1.29, 1.82) is 0 Å². The second kappa shape index (κ2) is 5.97. The minimum Gasteiger partial charge on any atom is -0.368 e. The predicted molar refractivity (Wildman–Crippen MR) is 55.4 cm³/mol. The van der Waals surface area contributed by atoms with Gasteiger partial charge in [0.1, 0.15) is 0 Å². The van der Waals surface area contributed by atoms with Crippen molar-refractivity contribution >= 4 is 5.91 Å². The minimum absolute atomic E-state index is 0.0904.